The number of aryl methyl sites for hydroxylation is 1. The topological polar surface area (TPSA) is 111 Å². The zero-order valence-electron chi connectivity index (χ0n) is 25.2. The summed E-state index contributed by atoms with van der Waals surface area (Å²) in [5.74, 6) is 0.683. The van der Waals surface area contributed by atoms with E-state index in [2.05, 4.69) is 53.1 Å². The fraction of sp³-hybridized carbons (Fsp3) is 0.219. The Labute approximate surface area is 286 Å². The fourth-order valence-corrected chi connectivity index (χ4v) is 5.26. The third kappa shape index (κ3) is 5.77. The number of nitrogens with one attached hydrogen (secondary N) is 1. The molecule has 6 aromatic rings. The second-order valence-electron chi connectivity index (χ2n) is 10.4. The van der Waals surface area contributed by atoms with Crippen LogP contribution in [0.1, 0.15) is 56.9 Å². The van der Waals surface area contributed by atoms with Crippen molar-refractivity contribution < 1.29 is 57.3 Å². The summed E-state index contributed by atoms with van der Waals surface area (Å²) >= 11 is 0. The number of H-pyrrole nitrogens is 1. The van der Waals surface area contributed by atoms with Crippen LogP contribution >= 0.6 is 0 Å². The average molecular weight is 587 g/mol. The summed E-state index contributed by atoms with van der Waals surface area (Å²) in [6, 6.07) is 23.8. The van der Waals surface area contributed by atoms with Gasteiger partial charge in [0.2, 0.25) is 5.78 Å². The van der Waals surface area contributed by atoms with Gasteiger partial charge in [-0.15, -0.1) is 0 Å². The standard InChI is InChI=1S/C32H30N6O3.K.H/c1-4-7-28-27(30(39)37(31-33-19-34-38(28)31)24-16-14-22(15-17-24)20(2)3)18-21-10-12-23(13-11-21)25-8-5-6-9-26(25)29-35-32(40)41-36-29;;/h5-6,8-17,19-20H,4,7,18H2,1-3H3,(H,35,36,40);;/q;+1;-1. The number of aromatic amines is 1. The van der Waals surface area contributed by atoms with Crippen molar-refractivity contribution >= 4 is 5.78 Å². The van der Waals surface area contributed by atoms with Gasteiger partial charge < -0.3 is 1.43 Å². The SMILES string of the molecule is CCCc1c(Cc2ccc(-c3ccccc3-c3noc(=O)[nH]3)cc2)c(=O)n(-c2ccc(C(C)C)cc2)c2ncnn12.[H-].[K+]. The van der Waals surface area contributed by atoms with Crippen molar-refractivity contribution in [1.29, 1.82) is 0 Å². The Morgan fingerprint density at radius 3 is 2.31 bits per heavy atom. The van der Waals surface area contributed by atoms with E-state index in [9.17, 15) is 9.59 Å². The van der Waals surface area contributed by atoms with E-state index in [-0.39, 0.29) is 58.4 Å². The Morgan fingerprint density at radius 2 is 1.67 bits per heavy atom. The second-order valence-corrected chi connectivity index (χ2v) is 10.4. The van der Waals surface area contributed by atoms with Crippen molar-refractivity contribution in [3.8, 4) is 28.2 Å². The van der Waals surface area contributed by atoms with Gasteiger partial charge in [-0.3, -0.25) is 14.3 Å². The molecule has 1 N–H and O–H groups in total. The van der Waals surface area contributed by atoms with Gasteiger partial charge in [0.1, 0.15) is 6.33 Å². The van der Waals surface area contributed by atoms with E-state index in [0.29, 0.717) is 35.9 Å². The molecule has 42 heavy (non-hydrogen) atoms. The van der Waals surface area contributed by atoms with Crippen LogP contribution in [0.2, 0.25) is 0 Å². The molecule has 0 spiro atoms. The van der Waals surface area contributed by atoms with Crippen molar-refractivity contribution in [3.05, 3.63) is 122 Å². The average Bonchev–Trinajstić information content (AvgIpc) is 3.65. The monoisotopic (exact) mass is 586 g/mol. The summed E-state index contributed by atoms with van der Waals surface area (Å²) in [7, 11) is 0. The second kappa shape index (κ2) is 12.8. The maximum atomic E-state index is 14.1. The Balaban J connectivity index is 0.00000212. The minimum Gasteiger partial charge on any atom is -1.00 e. The van der Waals surface area contributed by atoms with Gasteiger partial charge in [0.15, 0.2) is 5.82 Å². The molecule has 6 rings (SSSR count). The first-order valence-electron chi connectivity index (χ1n) is 13.8. The Morgan fingerprint density at radius 1 is 0.952 bits per heavy atom. The molecule has 0 radical (unpaired) electrons. The molecule has 0 saturated carbocycles. The molecule has 0 aliphatic heterocycles. The Hall–Kier alpha value is -3.41. The van der Waals surface area contributed by atoms with Crippen LogP contribution in [-0.4, -0.2) is 29.3 Å². The van der Waals surface area contributed by atoms with Gasteiger partial charge in [-0.1, -0.05) is 93.0 Å². The van der Waals surface area contributed by atoms with Crippen molar-refractivity contribution in [1.82, 2.24) is 29.3 Å². The summed E-state index contributed by atoms with van der Waals surface area (Å²) in [5, 5.41) is 8.37. The summed E-state index contributed by atoms with van der Waals surface area (Å²) in [6.45, 7) is 6.39. The zero-order chi connectivity index (χ0) is 28.5. The molecule has 0 fully saturated rings. The van der Waals surface area contributed by atoms with Crippen molar-refractivity contribution in [3.63, 3.8) is 0 Å². The van der Waals surface area contributed by atoms with Crippen LogP contribution in [0.15, 0.2) is 93.2 Å². The number of aromatic nitrogens is 6. The molecular weight excluding hydrogens is 555 g/mol. The molecule has 0 aliphatic rings. The van der Waals surface area contributed by atoms with E-state index in [1.807, 2.05) is 60.7 Å². The van der Waals surface area contributed by atoms with E-state index in [1.165, 1.54) is 11.9 Å². The largest absolute Gasteiger partial charge is 1.00 e. The Bertz CT molecular complexity index is 1960. The summed E-state index contributed by atoms with van der Waals surface area (Å²) in [6.07, 6.45) is 3.53. The van der Waals surface area contributed by atoms with E-state index in [0.717, 1.165) is 40.1 Å². The molecular formula is C32H31KN6O3. The molecule has 0 unspecified atom stereocenters. The molecule has 9 nitrogen and oxygen atoms in total. The first-order chi connectivity index (χ1) is 19.9. The molecule has 0 bridgehead atoms. The van der Waals surface area contributed by atoms with Crippen LogP contribution < -0.4 is 62.7 Å². The van der Waals surface area contributed by atoms with Crippen LogP contribution in [0, 0.1) is 0 Å². The number of rotatable bonds is 8. The number of fused-ring (bicyclic) bond motifs is 1. The fourth-order valence-electron chi connectivity index (χ4n) is 5.26. The Kier molecular flexibility index (Phi) is 9.19. The molecule has 0 atom stereocenters. The van der Waals surface area contributed by atoms with Gasteiger partial charge in [-0.25, -0.2) is 13.9 Å². The van der Waals surface area contributed by atoms with E-state index in [1.54, 1.807) is 9.08 Å². The molecule has 3 heterocycles. The minimum atomic E-state index is -0.598. The smallest absolute Gasteiger partial charge is 1.00 e. The third-order valence-corrected chi connectivity index (χ3v) is 7.37. The molecule has 3 aromatic carbocycles. The maximum absolute atomic E-state index is 14.1. The van der Waals surface area contributed by atoms with Gasteiger partial charge in [0.05, 0.1) is 11.4 Å². The quantitative estimate of drug-likeness (QED) is 0.275. The molecule has 0 amide bonds. The van der Waals surface area contributed by atoms with Gasteiger partial charge in [-0.2, -0.15) is 10.1 Å². The predicted octanol–water partition coefficient (Wildman–Crippen LogP) is 2.67. The number of hydrogen-bond donors (Lipinski definition) is 1. The maximum Gasteiger partial charge on any atom is 1.00 e. The first-order valence-corrected chi connectivity index (χ1v) is 13.8. The first kappa shape index (κ1) is 30.1. The molecule has 0 saturated heterocycles. The number of hydrogen-bond acceptors (Lipinski definition) is 6. The van der Waals surface area contributed by atoms with Crippen molar-refractivity contribution in [2.45, 2.75) is 46.0 Å². The minimum absolute atomic E-state index is 0. The molecule has 10 heteroatoms. The van der Waals surface area contributed by atoms with Crippen molar-refractivity contribution in [2.24, 2.45) is 0 Å². The van der Waals surface area contributed by atoms with Gasteiger partial charge in [-0.05, 0) is 46.7 Å². The predicted molar refractivity (Wildman–Crippen MR) is 159 cm³/mol. The normalized spacial score (nSPS) is 11.2. The third-order valence-electron chi connectivity index (χ3n) is 7.37. The molecule has 3 aromatic heterocycles. The van der Waals surface area contributed by atoms with Crippen molar-refractivity contribution in [2.75, 3.05) is 0 Å². The van der Waals surface area contributed by atoms with Crippen LogP contribution in [0.5, 0.6) is 0 Å². The van der Waals surface area contributed by atoms with E-state index in [4.69, 9.17) is 4.52 Å². The van der Waals surface area contributed by atoms with Crippen LogP contribution in [0.3, 0.4) is 0 Å². The van der Waals surface area contributed by atoms with Crippen LogP contribution in [-0.2, 0) is 12.8 Å². The summed E-state index contributed by atoms with van der Waals surface area (Å²) in [4.78, 5) is 32.8. The number of nitrogens with zero attached hydrogens (tertiary/aromatic N) is 5. The molecule has 0 aliphatic carbocycles. The van der Waals surface area contributed by atoms with Crippen LogP contribution in [0.4, 0.5) is 0 Å². The van der Waals surface area contributed by atoms with E-state index >= 15 is 0 Å². The van der Waals surface area contributed by atoms with Crippen LogP contribution in [0.25, 0.3) is 34.0 Å². The number of benzene rings is 3. The zero-order valence-corrected chi connectivity index (χ0v) is 27.3. The van der Waals surface area contributed by atoms with Gasteiger partial charge in [0, 0.05) is 17.5 Å². The summed E-state index contributed by atoms with van der Waals surface area (Å²) in [5.41, 5.74) is 7.09. The molecule has 208 valence electrons. The van der Waals surface area contributed by atoms with Gasteiger partial charge >= 0.3 is 57.1 Å². The van der Waals surface area contributed by atoms with E-state index < -0.39 is 5.76 Å². The van der Waals surface area contributed by atoms with Gasteiger partial charge in [0.25, 0.3) is 5.56 Å². The summed E-state index contributed by atoms with van der Waals surface area (Å²) < 4.78 is 8.18.